The second-order valence-corrected chi connectivity index (χ2v) is 8.32. The van der Waals surface area contributed by atoms with Crippen molar-refractivity contribution in [1.29, 1.82) is 0 Å². The van der Waals surface area contributed by atoms with Crippen LogP contribution in [-0.2, 0) is 6.42 Å². The van der Waals surface area contributed by atoms with Crippen LogP contribution in [0.1, 0.15) is 56.9 Å². The normalized spacial score (nSPS) is 11.0. The van der Waals surface area contributed by atoms with Gasteiger partial charge in [-0.2, -0.15) is 10.2 Å². The zero-order valence-corrected chi connectivity index (χ0v) is 24.5. The Kier molecular flexibility index (Phi) is 12.3. The Morgan fingerprint density at radius 3 is 1.98 bits per heavy atom. The van der Waals surface area contributed by atoms with E-state index in [9.17, 15) is 10.2 Å². The Labute approximate surface area is 237 Å². The maximum atomic E-state index is 11.2. The molecule has 210 valence electrons. The second kappa shape index (κ2) is 15.6. The van der Waals surface area contributed by atoms with Gasteiger partial charge in [-0.1, -0.05) is 64.6 Å². The number of hydrogen-bond donors (Lipinski definition) is 2. The van der Waals surface area contributed by atoms with Gasteiger partial charge in [0.25, 0.3) is 0 Å². The van der Waals surface area contributed by atoms with E-state index in [0.717, 1.165) is 22.2 Å². The molecular formula is C32H40N6O2. The molecule has 0 saturated carbocycles. The third kappa shape index (κ3) is 7.66. The van der Waals surface area contributed by atoms with Gasteiger partial charge in [0.15, 0.2) is 0 Å². The fraction of sp³-hybridized carbons (Fsp3) is 0.250. The van der Waals surface area contributed by atoms with Crippen LogP contribution in [0.15, 0.2) is 83.5 Å². The summed E-state index contributed by atoms with van der Waals surface area (Å²) < 4.78 is 0. The summed E-state index contributed by atoms with van der Waals surface area (Å²) in [5.41, 5.74) is 5.45. The largest absolute Gasteiger partial charge is 0.505 e. The van der Waals surface area contributed by atoms with Gasteiger partial charge in [-0.25, -0.2) is 0 Å². The lowest BCUT2D eigenvalue weighted by Gasteiger charge is -2.18. The van der Waals surface area contributed by atoms with Gasteiger partial charge in [-0.3, -0.25) is 0 Å². The first-order valence-electron chi connectivity index (χ1n) is 13.5. The lowest BCUT2D eigenvalue weighted by atomic mass is 9.98. The number of aromatic hydroxyl groups is 2. The highest BCUT2D eigenvalue weighted by Crippen LogP contribution is 2.37. The predicted octanol–water partition coefficient (Wildman–Crippen LogP) is 7.63. The summed E-state index contributed by atoms with van der Waals surface area (Å²) in [6.45, 7) is 17.4. The minimum absolute atomic E-state index is 0.0184. The van der Waals surface area contributed by atoms with E-state index < -0.39 is 0 Å². The van der Waals surface area contributed by atoms with Crippen molar-refractivity contribution in [1.82, 2.24) is 15.0 Å². The van der Waals surface area contributed by atoms with Gasteiger partial charge >= 0.3 is 0 Å². The topological polar surface area (TPSA) is 99.1 Å². The summed E-state index contributed by atoms with van der Waals surface area (Å²) in [6.07, 6.45) is 8.50. The number of allylic oxidation sites excluding steroid dienone is 3. The third-order valence-electron chi connectivity index (χ3n) is 5.46. The summed E-state index contributed by atoms with van der Waals surface area (Å²) in [5, 5.41) is 41.3. The van der Waals surface area contributed by atoms with Gasteiger partial charge in [-0.05, 0) is 68.3 Å². The highest BCUT2D eigenvalue weighted by molar-refractivity contribution is 5.76. The standard InChI is InChI=1S/C28H28N6O2.2C2H6/c1-5-7-13-30-33(29-12-6-2)25-16-19(3)14-21(27(25)35)18-22-15-20(4)17-26(28(22)36)34-31-23-10-8-9-11-24(23)32-34;2*1-2/h5-17,35-36H,2,18H2,1,3-4H3;2*1-2H3/b7-5-,29-12+,30-13+;;. The molecule has 4 aromatic rings. The molecule has 8 heteroatoms. The molecule has 0 aliphatic carbocycles. The van der Waals surface area contributed by atoms with Crippen LogP contribution < -0.4 is 5.12 Å². The molecule has 0 fully saturated rings. The number of hydrazone groups is 2. The summed E-state index contributed by atoms with van der Waals surface area (Å²) in [5.74, 6) is 0.0702. The molecule has 0 saturated heterocycles. The molecule has 0 atom stereocenters. The van der Waals surface area contributed by atoms with Crippen molar-refractivity contribution in [2.75, 3.05) is 5.12 Å². The lowest BCUT2D eigenvalue weighted by Crippen LogP contribution is -2.10. The number of hydrogen-bond acceptors (Lipinski definition) is 7. The van der Waals surface area contributed by atoms with Crippen LogP contribution in [-0.4, -0.2) is 37.6 Å². The molecule has 0 unspecified atom stereocenters. The van der Waals surface area contributed by atoms with E-state index in [1.807, 2.05) is 97.0 Å². The van der Waals surface area contributed by atoms with E-state index in [1.165, 1.54) is 22.2 Å². The molecule has 0 aliphatic heterocycles. The summed E-state index contributed by atoms with van der Waals surface area (Å²) in [4.78, 5) is 1.44. The molecule has 3 aromatic carbocycles. The van der Waals surface area contributed by atoms with Crippen LogP contribution in [0.3, 0.4) is 0 Å². The molecule has 0 spiro atoms. The zero-order chi connectivity index (χ0) is 29.7. The quantitative estimate of drug-likeness (QED) is 0.177. The van der Waals surface area contributed by atoms with E-state index in [-0.39, 0.29) is 17.9 Å². The number of rotatable bonds is 8. The van der Waals surface area contributed by atoms with Gasteiger partial charge in [0.2, 0.25) is 0 Å². The molecule has 1 aromatic heterocycles. The van der Waals surface area contributed by atoms with Crippen molar-refractivity contribution in [3.05, 3.63) is 95.6 Å². The molecule has 0 radical (unpaired) electrons. The first kappa shape index (κ1) is 31.5. The average Bonchev–Trinajstić information content (AvgIpc) is 3.40. The number of aryl methyl sites for hydroxylation is 2. The highest BCUT2D eigenvalue weighted by atomic mass is 16.3. The van der Waals surface area contributed by atoms with Crippen molar-refractivity contribution in [2.24, 2.45) is 10.2 Å². The molecule has 4 rings (SSSR count). The van der Waals surface area contributed by atoms with Gasteiger partial charge in [0.05, 0.1) is 0 Å². The van der Waals surface area contributed by atoms with Gasteiger partial charge in [0.1, 0.15) is 33.9 Å². The van der Waals surface area contributed by atoms with Crippen molar-refractivity contribution in [3.63, 3.8) is 0 Å². The van der Waals surface area contributed by atoms with E-state index in [0.29, 0.717) is 22.5 Å². The number of phenolic OH excluding ortho intramolecular Hbond substituents is 2. The van der Waals surface area contributed by atoms with Gasteiger partial charge in [-0.15, -0.1) is 20.1 Å². The monoisotopic (exact) mass is 540 g/mol. The van der Waals surface area contributed by atoms with Crippen LogP contribution in [0, 0.1) is 13.8 Å². The molecule has 0 bridgehead atoms. The number of aromatic nitrogens is 3. The molecule has 40 heavy (non-hydrogen) atoms. The predicted molar refractivity (Wildman–Crippen MR) is 168 cm³/mol. The maximum Gasteiger partial charge on any atom is 0.146 e. The smallest absolute Gasteiger partial charge is 0.146 e. The molecule has 1 heterocycles. The van der Waals surface area contributed by atoms with Crippen LogP contribution >= 0.6 is 0 Å². The van der Waals surface area contributed by atoms with E-state index in [4.69, 9.17) is 0 Å². The molecule has 0 amide bonds. The Balaban J connectivity index is 0.00000134. The average molecular weight is 541 g/mol. The Bertz CT molecular complexity index is 1470. The Morgan fingerprint density at radius 2 is 1.40 bits per heavy atom. The van der Waals surface area contributed by atoms with Crippen molar-refractivity contribution < 1.29 is 10.2 Å². The summed E-state index contributed by atoms with van der Waals surface area (Å²) in [7, 11) is 0. The molecule has 2 N–H and O–H groups in total. The highest BCUT2D eigenvalue weighted by Gasteiger charge is 2.19. The third-order valence-corrected chi connectivity index (χ3v) is 5.46. The van der Waals surface area contributed by atoms with E-state index in [1.54, 1.807) is 18.4 Å². The van der Waals surface area contributed by atoms with Crippen molar-refractivity contribution in [2.45, 2.75) is 54.9 Å². The second-order valence-electron chi connectivity index (χ2n) is 8.32. The first-order valence-corrected chi connectivity index (χ1v) is 13.5. The SMILES string of the molecule is C=C/C=N/N(/N=C/C=C\C)c1cc(C)cc(Cc2cc(C)cc(-n3nc4ccccc4n3)c2O)c1O.CC.CC. The number of fused-ring (bicyclic) bond motifs is 1. The van der Waals surface area contributed by atoms with Crippen molar-refractivity contribution >= 4 is 29.1 Å². The van der Waals surface area contributed by atoms with Crippen LogP contribution in [0.5, 0.6) is 11.5 Å². The molecular weight excluding hydrogens is 500 g/mol. The number of nitrogens with zero attached hydrogens (tertiary/aromatic N) is 6. The zero-order valence-electron chi connectivity index (χ0n) is 24.5. The van der Waals surface area contributed by atoms with Gasteiger partial charge < -0.3 is 10.2 Å². The maximum absolute atomic E-state index is 11.2. The lowest BCUT2D eigenvalue weighted by molar-refractivity contribution is 0.458. The first-order chi connectivity index (χ1) is 19.4. The Hall–Kier alpha value is -4.72. The van der Waals surface area contributed by atoms with E-state index in [2.05, 4.69) is 27.0 Å². The number of benzene rings is 3. The van der Waals surface area contributed by atoms with Crippen LogP contribution in [0.4, 0.5) is 5.69 Å². The minimum Gasteiger partial charge on any atom is -0.505 e. The van der Waals surface area contributed by atoms with Crippen molar-refractivity contribution in [3.8, 4) is 17.2 Å². The fourth-order valence-corrected chi connectivity index (χ4v) is 3.87. The number of anilines is 1. The minimum atomic E-state index is 0.0184. The fourth-order valence-electron chi connectivity index (χ4n) is 3.87. The van der Waals surface area contributed by atoms with Crippen LogP contribution in [0.25, 0.3) is 16.7 Å². The Morgan fingerprint density at radius 1 is 0.850 bits per heavy atom. The summed E-state index contributed by atoms with van der Waals surface area (Å²) in [6, 6.07) is 14.9. The number of phenols is 2. The molecule has 8 nitrogen and oxygen atoms in total. The van der Waals surface area contributed by atoms with Crippen LogP contribution in [0.2, 0.25) is 0 Å². The summed E-state index contributed by atoms with van der Waals surface area (Å²) >= 11 is 0. The molecule has 0 aliphatic rings. The van der Waals surface area contributed by atoms with E-state index >= 15 is 0 Å². The van der Waals surface area contributed by atoms with Gasteiger partial charge in [0, 0.05) is 30.0 Å².